The molecule has 6 atom stereocenters. The van der Waals surface area contributed by atoms with Crippen LogP contribution in [0.5, 0.6) is 11.5 Å². The molecular formula is C76H68Cl6N10O4P6. The molecular weight excluding hydrogens is 1520 g/mol. The van der Waals surface area contributed by atoms with Crippen molar-refractivity contribution in [2.24, 2.45) is 27.1 Å². The second-order valence-electron chi connectivity index (χ2n) is 24.5. The zero-order chi connectivity index (χ0) is 70.3. The standard InChI is InChI=1S/C76H68Cl6N10O4P6/c77-97(89(53-61-27-9-1-10-28-61)54-62-29-11-2-12-30-62)83-98(78,90(55-63-31-13-3-14-32-63)56-64-33-15-4-16-34-64)86-101(81,85-97)95-71-49-45-69(46-50-71)76(74-44-26-25-43-73(74)75(93)94-76)70-47-51-72(52-48-70)96-102(82)87-99(79,91(57-65-35-17-5-18-36-65)58-66-37-19-6-20-38-66)84-100(80,88-102)92(59-67-39-21-7-22-40-67)60-68-41-23-8-24-42-68/h1-52H,53-60H2. The summed E-state index contributed by atoms with van der Waals surface area (Å²) in [5.41, 5.74) is 8.59. The highest BCUT2D eigenvalue weighted by Gasteiger charge is 2.50. The molecule has 518 valence electrons. The van der Waals surface area contributed by atoms with Crippen molar-refractivity contribution in [3.05, 3.63) is 382 Å². The van der Waals surface area contributed by atoms with Gasteiger partial charge in [0, 0.05) is 69.0 Å². The summed E-state index contributed by atoms with van der Waals surface area (Å²) in [7, 11) is 0. The van der Waals surface area contributed by atoms with Crippen LogP contribution >= 0.6 is 108 Å². The average molecular weight is 1580 g/mol. The number of hydrogen-bond donors (Lipinski definition) is 0. The number of carbonyl (C=O) groups excluding carboxylic acids is 1. The van der Waals surface area contributed by atoms with Crippen LogP contribution in [-0.2, 0) is 62.7 Å². The molecule has 0 bridgehead atoms. The van der Waals surface area contributed by atoms with Crippen LogP contribution in [-0.4, -0.2) is 24.7 Å². The van der Waals surface area contributed by atoms with Gasteiger partial charge in [0.1, 0.15) is 11.5 Å². The summed E-state index contributed by atoms with van der Waals surface area (Å²) in [5.74, 6) is 0.111. The third-order valence-electron chi connectivity index (χ3n) is 17.2. The Morgan fingerprint density at radius 2 is 0.510 bits per heavy atom. The molecule has 0 aliphatic carbocycles. The lowest BCUT2D eigenvalue weighted by Gasteiger charge is -2.38. The molecule has 11 aromatic rings. The van der Waals surface area contributed by atoms with Gasteiger partial charge < -0.3 is 13.8 Å². The Morgan fingerprint density at radius 3 is 0.765 bits per heavy atom. The minimum absolute atomic E-state index is 0.312. The Labute approximate surface area is 624 Å². The van der Waals surface area contributed by atoms with Crippen LogP contribution < -0.4 is 9.05 Å². The van der Waals surface area contributed by atoms with Crippen molar-refractivity contribution >= 4 is 114 Å². The highest BCUT2D eigenvalue weighted by Crippen LogP contribution is 2.87. The first-order valence-electron chi connectivity index (χ1n) is 32.7. The maximum Gasteiger partial charge on any atom is 0.350 e. The molecule has 0 spiro atoms. The van der Waals surface area contributed by atoms with E-state index in [4.69, 9.17) is 108 Å². The fourth-order valence-electron chi connectivity index (χ4n) is 12.4. The van der Waals surface area contributed by atoms with Gasteiger partial charge in [0.2, 0.25) is 26.8 Å². The normalized spacial score (nSPS) is 23.5. The molecule has 0 N–H and O–H groups in total. The lowest BCUT2D eigenvalue weighted by atomic mass is 9.80. The molecule has 0 aromatic heterocycles. The summed E-state index contributed by atoms with van der Waals surface area (Å²) >= 11 is 48.5. The van der Waals surface area contributed by atoms with Gasteiger partial charge in [-0.15, -0.1) is 0 Å². The third-order valence-corrected chi connectivity index (χ3v) is 43.2. The second-order valence-corrected chi connectivity index (χ2v) is 45.3. The molecule has 6 unspecified atom stereocenters. The number of halogens is 6. The highest BCUT2D eigenvalue weighted by molar-refractivity contribution is 8.07. The number of fused-ring (bicyclic) bond motifs is 1. The van der Waals surface area contributed by atoms with E-state index in [2.05, 4.69) is 18.7 Å². The van der Waals surface area contributed by atoms with Gasteiger partial charge in [-0.3, -0.25) is 0 Å². The topological polar surface area (TPSA) is 132 Å². The van der Waals surface area contributed by atoms with Crippen LogP contribution in [0.25, 0.3) is 0 Å². The molecule has 3 aliphatic rings. The van der Waals surface area contributed by atoms with Crippen molar-refractivity contribution in [1.29, 1.82) is 0 Å². The number of esters is 1. The summed E-state index contributed by atoms with van der Waals surface area (Å²) in [6, 6.07) is 102. The second kappa shape index (κ2) is 31.6. The summed E-state index contributed by atoms with van der Waals surface area (Å²) in [5, 5.41) is 0. The minimum atomic E-state index is -3.92. The molecule has 3 heterocycles. The first-order valence-corrected chi connectivity index (χ1v) is 48.0. The molecule has 11 aromatic carbocycles. The fraction of sp³-hybridized carbons (Fsp3) is 0.118. The first-order chi connectivity index (χ1) is 49.4. The van der Waals surface area contributed by atoms with E-state index >= 15 is 0 Å². The largest absolute Gasteiger partial charge is 0.441 e. The zero-order valence-electron chi connectivity index (χ0n) is 54.7. The smallest absolute Gasteiger partial charge is 0.350 e. The number of nitrogens with zero attached hydrogens (tertiary/aromatic N) is 10. The molecule has 3 aliphatic heterocycles. The van der Waals surface area contributed by atoms with Crippen LogP contribution in [0.4, 0.5) is 0 Å². The fourth-order valence-corrected chi connectivity index (χ4v) is 43.4. The van der Waals surface area contributed by atoms with Crippen LogP contribution in [0.15, 0.2) is 343 Å². The Hall–Kier alpha value is -6.55. The molecule has 14 rings (SSSR count). The molecule has 26 heteroatoms. The number of ether oxygens (including phenoxy) is 1. The van der Waals surface area contributed by atoms with Crippen molar-refractivity contribution < 1.29 is 18.6 Å². The van der Waals surface area contributed by atoms with E-state index in [1.807, 2.05) is 285 Å². The zero-order valence-corrected chi connectivity index (χ0v) is 64.6. The highest BCUT2D eigenvalue weighted by atomic mass is 35.7. The number of rotatable bonds is 26. The van der Waals surface area contributed by atoms with Gasteiger partial charge in [-0.1, -0.05) is 285 Å². The van der Waals surface area contributed by atoms with E-state index in [9.17, 15) is 4.79 Å². The van der Waals surface area contributed by atoms with E-state index in [1.54, 1.807) is 30.3 Å². The first kappa shape index (κ1) is 72.4. The Kier molecular flexibility index (Phi) is 22.5. The summed E-state index contributed by atoms with van der Waals surface area (Å²) in [4.78, 5) is 14.3. The molecule has 0 fully saturated rings. The van der Waals surface area contributed by atoms with Crippen LogP contribution in [0, 0.1) is 0 Å². The van der Waals surface area contributed by atoms with Gasteiger partial charge in [0.15, 0.2) is 5.60 Å². The van der Waals surface area contributed by atoms with Gasteiger partial charge >= 0.3 is 19.5 Å². The minimum Gasteiger partial charge on any atom is -0.441 e. The van der Waals surface area contributed by atoms with E-state index in [0.29, 0.717) is 86.1 Å². The molecule has 0 saturated heterocycles. The van der Waals surface area contributed by atoms with Crippen molar-refractivity contribution in [3.63, 3.8) is 0 Å². The molecule has 14 nitrogen and oxygen atoms in total. The van der Waals surface area contributed by atoms with Crippen LogP contribution in [0.3, 0.4) is 0 Å². The number of hydrogen-bond acceptors (Lipinski definition) is 14. The quantitative estimate of drug-likeness (QED) is 0.0387. The Morgan fingerprint density at radius 1 is 0.284 bits per heavy atom. The monoisotopic (exact) mass is 1580 g/mol. The predicted molar refractivity (Wildman–Crippen MR) is 426 cm³/mol. The van der Waals surface area contributed by atoms with Crippen LogP contribution in [0.1, 0.15) is 71.6 Å². The van der Waals surface area contributed by atoms with E-state index in [-0.39, 0.29) is 0 Å². The van der Waals surface area contributed by atoms with Gasteiger partial charge in [-0.2, -0.15) is 27.1 Å². The molecule has 0 amide bonds. The van der Waals surface area contributed by atoms with Gasteiger partial charge in [-0.05, 0) is 142 Å². The van der Waals surface area contributed by atoms with E-state index in [1.165, 1.54) is 0 Å². The SMILES string of the molecule is O=C1OC(c2ccc(OP3(Cl)=NP(Cl)(N(Cc4ccccc4)Cc4ccccc4)=NP(Cl)(N(Cc4ccccc4)Cc4ccccc4)=N3)cc2)(c2ccc(OP3(Cl)=NP(Cl)(N(Cc4ccccc4)Cc4ccccc4)=NP(Cl)(N(Cc4ccccc4)Cc4ccccc4)=N3)cc2)c2ccccc21. The molecule has 102 heavy (non-hydrogen) atoms. The number of carbonyl (C=O) groups is 1. The summed E-state index contributed by atoms with van der Waals surface area (Å²) in [6.45, 7) is -19.5. The van der Waals surface area contributed by atoms with Gasteiger partial charge in [0.05, 0.1) is 5.56 Å². The number of benzene rings is 11. The predicted octanol–water partition coefficient (Wildman–Crippen LogP) is 26.9. The maximum absolute atomic E-state index is 14.3. The van der Waals surface area contributed by atoms with Crippen molar-refractivity contribution in [2.45, 2.75) is 58.0 Å². The molecule has 0 radical (unpaired) electrons. The molecule has 0 saturated carbocycles. The summed E-state index contributed by atoms with van der Waals surface area (Å²) < 4.78 is 61.1. The van der Waals surface area contributed by atoms with Crippen molar-refractivity contribution in [2.75, 3.05) is 0 Å². The Balaban J connectivity index is 0.849. The van der Waals surface area contributed by atoms with E-state index < -0.39 is 52.0 Å². The van der Waals surface area contributed by atoms with Crippen molar-refractivity contribution in [1.82, 2.24) is 18.7 Å². The van der Waals surface area contributed by atoms with Crippen molar-refractivity contribution in [3.8, 4) is 11.5 Å². The lowest BCUT2D eigenvalue weighted by molar-refractivity contribution is 0.0251. The van der Waals surface area contributed by atoms with E-state index in [0.717, 1.165) is 44.5 Å². The third kappa shape index (κ3) is 16.9. The van der Waals surface area contributed by atoms with Gasteiger partial charge in [-0.25, -0.2) is 23.5 Å². The number of cyclic esters (lactones) is 1. The average Bonchev–Trinajstić information content (AvgIpc) is 1.33. The maximum atomic E-state index is 14.3. The van der Waals surface area contributed by atoms with Gasteiger partial charge in [0.25, 0.3) is 0 Å². The lowest BCUT2D eigenvalue weighted by Crippen LogP contribution is -2.29. The summed E-state index contributed by atoms with van der Waals surface area (Å²) in [6.07, 6.45) is 0. The Bertz CT molecular complexity index is 4500. The van der Waals surface area contributed by atoms with Crippen LogP contribution in [0.2, 0.25) is 0 Å².